The first-order valence-corrected chi connectivity index (χ1v) is 9.51. The number of likely N-dealkylation sites (tertiary alicyclic amines) is 1. The van der Waals surface area contributed by atoms with Crippen LogP contribution in [0.1, 0.15) is 31.7 Å². The second-order valence-electron chi connectivity index (χ2n) is 7.42. The molecule has 2 aromatic rings. The first-order valence-electron chi connectivity index (χ1n) is 9.51. The monoisotopic (exact) mass is 368 g/mol. The zero-order valence-corrected chi connectivity index (χ0v) is 15.4. The fraction of sp³-hybridized carbons (Fsp3) is 0.450. The number of amides is 4. The van der Waals surface area contributed by atoms with E-state index in [1.165, 1.54) is 0 Å². The second kappa shape index (κ2) is 7.06. The van der Waals surface area contributed by atoms with Crippen molar-refractivity contribution in [3.8, 4) is 0 Å². The topological polar surface area (TPSA) is 85.5 Å². The van der Waals surface area contributed by atoms with Crippen molar-refractivity contribution in [3.05, 3.63) is 36.0 Å². The molecule has 0 spiro atoms. The van der Waals surface area contributed by atoms with Gasteiger partial charge in [-0.1, -0.05) is 18.2 Å². The summed E-state index contributed by atoms with van der Waals surface area (Å²) >= 11 is 0. The number of carbonyl (C=O) groups is 3. The molecule has 2 saturated heterocycles. The van der Waals surface area contributed by atoms with Gasteiger partial charge >= 0.3 is 6.03 Å². The van der Waals surface area contributed by atoms with Crippen LogP contribution in [0.4, 0.5) is 4.79 Å². The quantitative estimate of drug-likeness (QED) is 0.810. The number of piperidine rings is 1. The Bertz CT molecular complexity index is 890. The van der Waals surface area contributed by atoms with Crippen LogP contribution in [-0.2, 0) is 16.0 Å². The minimum absolute atomic E-state index is 0.154. The van der Waals surface area contributed by atoms with Crippen LogP contribution in [0.15, 0.2) is 30.5 Å². The SMILES string of the molecule is C[C@H]1CCCCN1C(=O)CN1C(=O)N[C@H](Cc2c[nH]c3ccccc23)C1=O. The molecule has 7 heteroatoms. The largest absolute Gasteiger partial charge is 0.361 e. The van der Waals surface area contributed by atoms with Gasteiger partial charge in [0, 0.05) is 36.1 Å². The average molecular weight is 368 g/mol. The molecule has 4 amide bonds. The molecule has 2 atom stereocenters. The minimum atomic E-state index is -0.636. The summed E-state index contributed by atoms with van der Waals surface area (Å²) in [4.78, 5) is 43.7. The molecule has 7 nitrogen and oxygen atoms in total. The van der Waals surface area contributed by atoms with Gasteiger partial charge in [0.1, 0.15) is 12.6 Å². The molecule has 0 aliphatic carbocycles. The summed E-state index contributed by atoms with van der Waals surface area (Å²) in [6.07, 6.45) is 5.32. The van der Waals surface area contributed by atoms with Crippen molar-refractivity contribution in [2.45, 2.75) is 44.7 Å². The molecule has 0 bridgehead atoms. The second-order valence-corrected chi connectivity index (χ2v) is 7.42. The van der Waals surface area contributed by atoms with Crippen LogP contribution >= 0.6 is 0 Å². The molecule has 0 saturated carbocycles. The number of urea groups is 1. The zero-order chi connectivity index (χ0) is 19.0. The van der Waals surface area contributed by atoms with E-state index in [4.69, 9.17) is 0 Å². The highest BCUT2D eigenvalue weighted by Crippen LogP contribution is 2.22. The number of benzene rings is 1. The third kappa shape index (κ3) is 3.29. The molecule has 2 N–H and O–H groups in total. The Labute approximate surface area is 157 Å². The highest BCUT2D eigenvalue weighted by Gasteiger charge is 2.40. The van der Waals surface area contributed by atoms with Gasteiger partial charge in [-0.05, 0) is 37.8 Å². The van der Waals surface area contributed by atoms with Crippen molar-refractivity contribution in [1.82, 2.24) is 20.1 Å². The Morgan fingerprint density at radius 1 is 1.22 bits per heavy atom. The maximum absolute atomic E-state index is 12.7. The predicted octanol–water partition coefficient (Wildman–Crippen LogP) is 2.03. The number of aromatic nitrogens is 1. The number of nitrogens with zero attached hydrogens (tertiary/aromatic N) is 2. The predicted molar refractivity (Wildman–Crippen MR) is 101 cm³/mol. The molecule has 1 aromatic heterocycles. The van der Waals surface area contributed by atoms with Crippen LogP contribution in [0.5, 0.6) is 0 Å². The van der Waals surface area contributed by atoms with E-state index in [1.54, 1.807) is 4.90 Å². The van der Waals surface area contributed by atoms with Crippen molar-refractivity contribution in [2.24, 2.45) is 0 Å². The molecule has 1 aromatic carbocycles. The average Bonchev–Trinajstić information content (AvgIpc) is 3.19. The third-order valence-corrected chi connectivity index (χ3v) is 5.62. The van der Waals surface area contributed by atoms with Crippen molar-refractivity contribution in [3.63, 3.8) is 0 Å². The number of para-hydroxylation sites is 1. The number of rotatable bonds is 4. The number of H-pyrrole nitrogens is 1. The molecular formula is C20H24N4O3. The van der Waals surface area contributed by atoms with Crippen LogP contribution in [0.2, 0.25) is 0 Å². The van der Waals surface area contributed by atoms with E-state index in [0.29, 0.717) is 13.0 Å². The Hall–Kier alpha value is -2.83. The lowest BCUT2D eigenvalue weighted by molar-refractivity contribution is -0.139. The lowest BCUT2D eigenvalue weighted by Gasteiger charge is -2.34. The fourth-order valence-corrected chi connectivity index (χ4v) is 4.08. The highest BCUT2D eigenvalue weighted by atomic mass is 16.2. The number of carbonyl (C=O) groups excluding carboxylic acids is 3. The summed E-state index contributed by atoms with van der Waals surface area (Å²) in [5.74, 6) is -0.485. The van der Waals surface area contributed by atoms with Gasteiger partial charge in [-0.2, -0.15) is 0 Å². The number of nitrogens with one attached hydrogen (secondary N) is 2. The first kappa shape index (κ1) is 17.6. The summed E-state index contributed by atoms with van der Waals surface area (Å²) in [5, 5.41) is 3.77. The van der Waals surface area contributed by atoms with Crippen LogP contribution in [0.3, 0.4) is 0 Å². The number of imide groups is 1. The number of hydrogen-bond acceptors (Lipinski definition) is 3. The molecule has 0 radical (unpaired) electrons. The molecule has 4 rings (SSSR count). The number of aromatic amines is 1. The van der Waals surface area contributed by atoms with Gasteiger partial charge in [0.05, 0.1) is 0 Å². The first-order chi connectivity index (χ1) is 13.0. The maximum Gasteiger partial charge on any atom is 0.325 e. The van der Waals surface area contributed by atoms with E-state index < -0.39 is 12.1 Å². The molecule has 3 heterocycles. The van der Waals surface area contributed by atoms with Crippen LogP contribution < -0.4 is 5.32 Å². The number of fused-ring (bicyclic) bond motifs is 1. The molecular weight excluding hydrogens is 344 g/mol. The summed E-state index contributed by atoms with van der Waals surface area (Å²) < 4.78 is 0. The molecule has 2 fully saturated rings. The van der Waals surface area contributed by atoms with Crippen molar-refractivity contribution < 1.29 is 14.4 Å². The molecule has 27 heavy (non-hydrogen) atoms. The van der Waals surface area contributed by atoms with Crippen molar-refractivity contribution in [2.75, 3.05) is 13.1 Å². The van der Waals surface area contributed by atoms with Gasteiger partial charge in [-0.3, -0.25) is 14.5 Å². The Morgan fingerprint density at radius 2 is 2.04 bits per heavy atom. The van der Waals surface area contributed by atoms with Crippen LogP contribution in [0.25, 0.3) is 10.9 Å². The Kier molecular flexibility index (Phi) is 4.59. The molecule has 2 aliphatic heterocycles. The van der Waals surface area contributed by atoms with Crippen molar-refractivity contribution in [1.29, 1.82) is 0 Å². The van der Waals surface area contributed by atoms with E-state index in [0.717, 1.165) is 40.6 Å². The Balaban J connectivity index is 1.45. The summed E-state index contributed by atoms with van der Waals surface area (Å²) in [7, 11) is 0. The smallest absolute Gasteiger partial charge is 0.325 e. The van der Waals surface area contributed by atoms with Gasteiger partial charge in [0.2, 0.25) is 5.91 Å². The molecule has 142 valence electrons. The Morgan fingerprint density at radius 3 is 2.85 bits per heavy atom. The van der Waals surface area contributed by atoms with Crippen LogP contribution in [0, 0.1) is 0 Å². The fourth-order valence-electron chi connectivity index (χ4n) is 4.08. The van der Waals surface area contributed by atoms with E-state index in [9.17, 15) is 14.4 Å². The van der Waals surface area contributed by atoms with Gasteiger partial charge in [-0.15, -0.1) is 0 Å². The lowest BCUT2D eigenvalue weighted by atomic mass is 10.0. The summed E-state index contributed by atoms with van der Waals surface area (Å²) in [6.45, 7) is 2.53. The third-order valence-electron chi connectivity index (χ3n) is 5.62. The van der Waals surface area contributed by atoms with E-state index in [2.05, 4.69) is 10.3 Å². The summed E-state index contributed by atoms with van der Waals surface area (Å²) in [5.41, 5.74) is 1.97. The lowest BCUT2D eigenvalue weighted by Crippen LogP contribution is -2.48. The standard InChI is InChI=1S/C20H24N4O3/c1-13-6-4-5-9-23(13)18(25)12-24-19(26)17(22-20(24)27)10-14-11-21-16-8-3-2-7-15(14)16/h2-3,7-8,11,13,17,21H,4-6,9-10,12H2,1H3,(H,22,27)/t13-,17+/m0/s1. The van der Waals surface area contributed by atoms with Gasteiger partial charge < -0.3 is 15.2 Å². The molecule has 0 unspecified atom stereocenters. The van der Waals surface area contributed by atoms with Crippen LogP contribution in [-0.4, -0.2) is 57.8 Å². The summed E-state index contributed by atoms with van der Waals surface area (Å²) in [6, 6.07) is 6.89. The van der Waals surface area contributed by atoms with E-state index in [1.807, 2.05) is 37.4 Å². The van der Waals surface area contributed by atoms with Gasteiger partial charge in [0.15, 0.2) is 0 Å². The van der Waals surface area contributed by atoms with E-state index >= 15 is 0 Å². The van der Waals surface area contributed by atoms with Crippen molar-refractivity contribution >= 4 is 28.7 Å². The van der Waals surface area contributed by atoms with E-state index in [-0.39, 0.29) is 24.4 Å². The zero-order valence-electron chi connectivity index (χ0n) is 15.4. The number of hydrogen-bond donors (Lipinski definition) is 2. The maximum atomic E-state index is 12.7. The van der Waals surface area contributed by atoms with Gasteiger partial charge in [-0.25, -0.2) is 4.79 Å². The highest BCUT2D eigenvalue weighted by molar-refractivity contribution is 6.06. The minimum Gasteiger partial charge on any atom is -0.361 e. The normalized spacial score (nSPS) is 23.1. The van der Waals surface area contributed by atoms with Gasteiger partial charge in [0.25, 0.3) is 5.91 Å². The molecule has 2 aliphatic rings.